The van der Waals surface area contributed by atoms with E-state index in [4.69, 9.17) is 5.73 Å². The Morgan fingerprint density at radius 3 is 2.30 bits per heavy atom. The van der Waals surface area contributed by atoms with Crippen molar-refractivity contribution in [3.05, 3.63) is 35.9 Å². The van der Waals surface area contributed by atoms with E-state index in [0.29, 0.717) is 31.8 Å². The van der Waals surface area contributed by atoms with Crippen LogP contribution in [-0.2, 0) is 16.1 Å². The SMILES string of the molecule is CC(C)C[C@@H](C)NC(=O)CNC(=O)[C@H](CCCCN)NC(=O)NCc1ccccc1. The topological polar surface area (TPSA) is 125 Å². The molecule has 0 radical (unpaired) electrons. The zero-order valence-electron chi connectivity index (χ0n) is 18.4. The average molecular weight is 420 g/mol. The number of amides is 4. The van der Waals surface area contributed by atoms with Crippen LogP contribution < -0.4 is 27.0 Å². The number of rotatable bonds is 13. The maximum Gasteiger partial charge on any atom is 0.315 e. The normalized spacial score (nSPS) is 12.7. The summed E-state index contributed by atoms with van der Waals surface area (Å²) in [7, 11) is 0. The average Bonchev–Trinajstić information content (AvgIpc) is 2.70. The summed E-state index contributed by atoms with van der Waals surface area (Å²) >= 11 is 0. The number of unbranched alkanes of at least 4 members (excludes halogenated alkanes) is 1. The molecule has 0 saturated carbocycles. The van der Waals surface area contributed by atoms with Gasteiger partial charge in [-0.25, -0.2) is 4.79 Å². The molecule has 8 heteroatoms. The predicted octanol–water partition coefficient (Wildman–Crippen LogP) is 1.65. The maximum atomic E-state index is 12.6. The van der Waals surface area contributed by atoms with Crippen molar-refractivity contribution >= 4 is 17.8 Å². The number of hydrogen-bond acceptors (Lipinski definition) is 4. The molecule has 0 heterocycles. The Kier molecular flexibility index (Phi) is 12.2. The Labute approximate surface area is 179 Å². The van der Waals surface area contributed by atoms with Gasteiger partial charge in [-0.2, -0.15) is 0 Å². The Morgan fingerprint density at radius 1 is 0.967 bits per heavy atom. The van der Waals surface area contributed by atoms with Crippen LogP contribution in [0.5, 0.6) is 0 Å². The van der Waals surface area contributed by atoms with Gasteiger partial charge in [0, 0.05) is 12.6 Å². The lowest BCUT2D eigenvalue weighted by Crippen LogP contribution is -2.51. The number of hydrogen-bond donors (Lipinski definition) is 5. The quantitative estimate of drug-likeness (QED) is 0.312. The fraction of sp³-hybridized carbons (Fsp3) is 0.591. The minimum Gasteiger partial charge on any atom is -0.352 e. The molecule has 0 saturated heterocycles. The van der Waals surface area contributed by atoms with Crippen molar-refractivity contribution in [2.75, 3.05) is 13.1 Å². The van der Waals surface area contributed by atoms with Gasteiger partial charge in [0.05, 0.1) is 6.54 Å². The Hall–Kier alpha value is -2.61. The van der Waals surface area contributed by atoms with Crippen LogP contribution in [0.15, 0.2) is 30.3 Å². The van der Waals surface area contributed by atoms with Crippen molar-refractivity contribution in [3.8, 4) is 0 Å². The van der Waals surface area contributed by atoms with E-state index in [1.807, 2.05) is 37.3 Å². The van der Waals surface area contributed by atoms with Crippen LogP contribution in [0.25, 0.3) is 0 Å². The predicted molar refractivity (Wildman–Crippen MR) is 119 cm³/mol. The van der Waals surface area contributed by atoms with Gasteiger partial charge in [-0.05, 0) is 50.6 Å². The molecule has 0 fully saturated rings. The van der Waals surface area contributed by atoms with E-state index >= 15 is 0 Å². The second-order valence-electron chi connectivity index (χ2n) is 7.97. The van der Waals surface area contributed by atoms with Gasteiger partial charge in [-0.15, -0.1) is 0 Å². The summed E-state index contributed by atoms with van der Waals surface area (Å²) in [5.41, 5.74) is 6.49. The van der Waals surface area contributed by atoms with E-state index in [-0.39, 0.29) is 24.4 Å². The molecule has 0 aliphatic carbocycles. The van der Waals surface area contributed by atoms with Gasteiger partial charge in [0.2, 0.25) is 11.8 Å². The number of nitrogens with one attached hydrogen (secondary N) is 4. The van der Waals surface area contributed by atoms with Crippen LogP contribution in [0.4, 0.5) is 4.79 Å². The molecule has 2 atom stereocenters. The van der Waals surface area contributed by atoms with Crippen LogP contribution in [0.2, 0.25) is 0 Å². The van der Waals surface area contributed by atoms with Crippen molar-refractivity contribution in [2.45, 2.75) is 65.1 Å². The fourth-order valence-electron chi connectivity index (χ4n) is 3.13. The van der Waals surface area contributed by atoms with Crippen LogP contribution in [0, 0.1) is 5.92 Å². The van der Waals surface area contributed by atoms with Crippen molar-refractivity contribution in [1.82, 2.24) is 21.3 Å². The third-order valence-corrected chi connectivity index (χ3v) is 4.52. The second-order valence-corrected chi connectivity index (χ2v) is 7.97. The zero-order valence-corrected chi connectivity index (χ0v) is 18.4. The van der Waals surface area contributed by atoms with E-state index in [0.717, 1.165) is 18.4 Å². The molecule has 30 heavy (non-hydrogen) atoms. The number of carbonyl (C=O) groups excluding carboxylic acids is 3. The largest absolute Gasteiger partial charge is 0.352 e. The molecule has 0 aromatic heterocycles. The molecule has 8 nitrogen and oxygen atoms in total. The van der Waals surface area contributed by atoms with E-state index in [9.17, 15) is 14.4 Å². The Morgan fingerprint density at radius 2 is 1.67 bits per heavy atom. The first-order valence-electron chi connectivity index (χ1n) is 10.7. The number of carbonyl (C=O) groups is 3. The molecular formula is C22H37N5O3. The molecule has 0 aliphatic rings. The van der Waals surface area contributed by atoms with Gasteiger partial charge in [-0.1, -0.05) is 44.2 Å². The third-order valence-electron chi connectivity index (χ3n) is 4.52. The molecule has 0 spiro atoms. The summed E-state index contributed by atoms with van der Waals surface area (Å²) in [5, 5.41) is 10.9. The minimum atomic E-state index is -0.729. The molecule has 1 aromatic carbocycles. The summed E-state index contributed by atoms with van der Waals surface area (Å²) in [6.07, 6.45) is 2.77. The molecular weight excluding hydrogens is 382 g/mol. The fourth-order valence-corrected chi connectivity index (χ4v) is 3.13. The lowest BCUT2D eigenvalue weighted by molar-refractivity contribution is -0.127. The highest BCUT2D eigenvalue weighted by molar-refractivity contribution is 5.90. The Bertz CT molecular complexity index is 651. The van der Waals surface area contributed by atoms with Gasteiger partial charge in [0.1, 0.15) is 6.04 Å². The van der Waals surface area contributed by atoms with Gasteiger partial charge in [0.15, 0.2) is 0 Å². The summed E-state index contributed by atoms with van der Waals surface area (Å²) in [6.45, 7) is 6.87. The zero-order chi connectivity index (χ0) is 22.4. The molecule has 168 valence electrons. The van der Waals surface area contributed by atoms with Crippen molar-refractivity contribution in [1.29, 1.82) is 0 Å². The highest BCUT2D eigenvalue weighted by Crippen LogP contribution is 2.04. The van der Waals surface area contributed by atoms with Crippen molar-refractivity contribution < 1.29 is 14.4 Å². The van der Waals surface area contributed by atoms with Gasteiger partial charge >= 0.3 is 6.03 Å². The van der Waals surface area contributed by atoms with E-state index < -0.39 is 12.1 Å². The molecule has 0 bridgehead atoms. The van der Waals surface area contributed by atoms with E-state index in [1.165, 1.54) is 0 Å². The Balaban J connectivity index is 2.51. The summed E-state index contributed by atoms with van der Waals surface area (Å²) < 4.78 is 0. The van der Waals surface area contributed by atoms with Gasteiger partial charge in [-0.3, -0.25) is 9.59 Å². The molecule has 4 amide bonds. The van der Waals surface area contributed by atoms with Crippen LogP contribution in [0.1, 0.15) is 52.0 Å². The number of benzene rings is 1. The lowest BCUT2D eigenvalue weighted by Gasteiger charge is -2.20. The smallest absolute Gasteiger partial charge is 0.315 e. The van der Waals surface area contributed by atoms with Crippen LogP contribution >= 0.6 is 0 Å². The van der Waals surface area contributed by atoms with Crippen LogP contribution in [-0.4, -0.2) is 43.0 Å². The van der Waals surface area contributed by atoms with Gasteiger partial charge < -0.3 is 27.0 Å². The van der Waals surface area contributed by atoms with Gasteiger partial charge in [0.25, 0.3) is 0 Å². The van der Waals surface area contributed by atoms with Crippen molar-refractivity contribution in [3.63, 3.8) is 0 Å². The second kappa shape index (κ2) is 14.4. The molecule has 0 unspecified atom stereocenters. The first-order chi connectivity index (χ1) is 14.3. The number of nitrogens with two attached hydrogens (primary N) is 1. The first-order valence-corrected chi connectivity index (χ1v) is 10.7. The molecule has 1 rings (SSSR count). The molecule has 6 N–H and O–H groups in total. The van der Waals surface area contributed by atoms with Crippen LogP contribution in [0.3, 0.4) is 0 Å². The summed E-state index contributed by atoms with van der Waals surface area (Å²) in [6, 6.07) is 8.39. The number of urea groups is 1. The standard InChI is InChI=1S/C22H37N5O3/c1-16(2)13-17(3)26-20(28)15-24-21(29)19(11-7-8-12-23)27-22(30)25-14-18-9-5-4-6-10-18/h4-6,9-10,16-17,19H,7-8,11-15,23H2,1-3H3,(H,24,29)(H,26,28)(H2,25,27,30)/t17-,19+/m1/s1. The minimum absolute atomic E-state index is 0.0386. The summed E-state index contributed by atoms with van der Waals surface area (Å²) in [5.74, 6) is -0.153. The summed E-state index contributed by atoms with van der Waals surface area (Å²) in [4.78, 5) is 36.9. The highest BCUT2D eigenvalue weighted by atomic mass is 16.2. The monoisotopic (exact) mass is 419 g/mol. The molecule has 0 aliphatic heterocycles. The maximum absolute atomic E-state index is 12.6. The third kappa shape index (κ3) is 11.4. The van der Waals surface area contributed by atoms with E-state index in [1.54, 1.807) is 0 Å². The van der Waals surface area contributed by atoms with Crippen molar-refractivity contribution in [2.24, 2.45) is 11.7 Å². The molecule has 1 aromatic rings. The lowest BCUT2D eigenvalue weighted by atomic mass is 10.1. The first kappa shape index (κ1) is 25.4. The highest BCUT2D eigenvalue weighted by Gasteiger charge is 2.21. The van der Waals surface area contributed by atoms with E-state index in [2.05, 4.69) is 35.1 Å².